The zero-order chi connectivity index (χ0) is 26.9. The average Bonchev–Trinajstić information content (AvgIpc) is 3.01. The number of hydrogen-bond acceptors (Lipinski definition) is 6. The Balaban J connectivity index is 1.72. The van der Waals surface area contributed by atoms with Crippen molar-refractivity contribution >= 4 is 28.1 Å². The summed E-state index contributed by atoms with van der Waals surface area (Å²) >= 11 is 0. The lowest BCUT2D eigenvalue weighted by molar-refractivity contribution is -0.165. The lowest BCUT2D eigenvalue weighted by atomic mass is 9.92. The number of alkyl halides is 3. The number of hydroxylamine groups is 2. The molecular formula is C24H25F3N2O6S. The minimum atomic E-state index is -4.46. The van der Waals surface area contributed by atoms with Crippen LogP contribution in [0.25, 0.3) is 11.1 Å². The van der Waals surface area contributed by atoms with Crippen LogP contribution in [-0.2, 0) is 30.4 Å². The van der Waals surface area contributed by atoms with Crippen LogP contribution in [0, 0.1) is 5.41 Å². The third-order valence-corrected chi connectivity index (χ3v) is 7.84. The van der Waals surface area contributed by atoms with Crippen LogP contribution in [0.4, 0.5) is 13.2 Å². The Labute approximate surface area is 206 Å². The monoisotopic (exact) mass is 526 g/mol. The number of amides is 3. The maximum Gasteiger partial charge on any atom is 0.416 e. The van der Waals surface area contributed by atoms with Gasteiger partial charge in [-0.25, -0.2) is 13.5 Å². The van der Waals surface area contributed by atoms with Gasteiger partial charge >= 0.3 is 6.18 Å². The van der Waals surface area contributed by atoms with Crippen molar-refractivity contribution in [3.8, 4) is 11.1 Å². The lowest BCUT2D eigenvalue weighted by Gasteiger charge is -2.27. The number of likely N-dealkylation sites (tertiary alicyclic amines) is 1. The van der Waals surface area contributed by atoms with Crippen LogP contribution in [0.5, 0.6) is 0 Å². The Kier molecular flexibility index (Phi) is 7.61. The molecule has 2 aromatic carbocycles. The Morgan fingerprint density at radius 1 is 1.06 bits per heavy atom. The Morgan fingerprint density at radius 2 is 1.58 bits per heavy atom. The minimum Gasteiger partial charge on any atom is -0.286 e. The Bertz CT molecular complexity index is 1240. The maximum atomic E-state index is 12.9. The molecule has 0 aromatic heterocycles. The second-order valence-corrected chi connectivity index (χ2v) is 11.3. The molecule has 2 aromatic rings. The van der Waals surface area contributed by atoms with Gasteiger partial charge in [-0.3, -0.25) is 24.5 Å². The van der Waals surface area contributed by atoms with Gasteiger partial charge in [0, 0.05) is 6.42 Å². The third-order valence-electron chi connectivity index (χ3n) is 6.07. The molecule has 0 radical (unpaired) electrons. The van der Waals surface area contributed by atoms with Gasteiger partial charge in [0.1, 0.15) is 0 Å². The molecule has 1 fully saturated rings. The van der Waals surface area contributed by atoms with Crippen molar-refractivity contribution in [3.63, 3.8) is 0 Å². The van der Waals surface area contributed by atoms with Crippen LogP contribution in [0.1, 0.15) is 32.3 Å². The molecule has 0 unspecified atom stereocenters. The van der Waals surface area contributed by atoms with Crippen molar-refractivity contribution < 1.29 is 41.2 Å². The van der Waals surface area contributed by atoms with E-state index in [1.165, 1.54) is 36.4 Å². The average molecular weight is 527 g/mol. The molecule has 194 valence electrons. The first-order valence-corrected chi connectivity index (χ1v) is 12.6. The summed E-state index contributed by atoms with van der Waals surface area (Å²) in [6, 6.07) is 8.85. The van der Waals surface area contributed by atoms with Gasteiger partial charge in [-0.05, 0) is 41.8 Å². The zero-order valence-corrected chi connectivity index (χ0v) is 20.3. The quantitative estimate of drug-likeness (QED) is 0.232. The van der Waals surface area contributed by atoms with Gasteiger partial charge in [-0.15, -0.1) is 0 Å². The van der Waals surface area contributed by atoms with Gasteiger partial charge in [0.05, 0.1) is 34.2 Å². The molecule has 0 bridgehead atoms. The summed E-state index contributed by atoms with van der Waals surface area (Å²) in [6.07, 6.45) is -4.68. The molecule has 1 aliphatic heterocycles. The molecule has 0 spiro atoms. The predicted octanol–water partition coefficient (Wildman–Crippen LogP) is 3.54. The highest BCUT2D eigenvalue weighted by atomic mass is 32.2. The number of halogens is 3. The van der Waals surface area contributed by atoms with Crippen LogP contribution >= 0.6 is 0 Å². The first-order chi connectivity index (χ1) is 16.7. The van der Waals surface area contributed by atoms with Crippen molar-refractivity contribution in [3.05, 3.63) is 54.1 Å². The largest absolute Gasteiger partial charge is 0.416 e. The number of hydrogen-bond donors (Lipinski definition) is 1. The number of rotatable bonds is 9. The summed E-state index contributed by atoms with van der Waals surface area (Å²) in [5.74, 6) is -1.45. The molecule has 12 heteroatoms. The molecule has 1 atom stereocenters. The number of carbonyl (C=O) groups excluding carboxylic acids is 3. The van der Waals surface area contributed by atoms with Gasteiger partial charge in [-0.1, -0.05) is 38.1 Å². The van der Waals surface area contributed by atoms with E-state index < -0.39 is 50.6 Å². The SMILES string of the molecule is CC1(C)CC(=O)N(C[C@@H](CCS(=O)(=O)c2ccc(-c3ccc(C(F)(F)F)cc3)cc2)N(O)C=O)C1=O. The van der Waals surface area contributed by atoms with E-state index in [0.29, 0.717) is 11.1 Å². The first-order valence-electron chi connectivity index (χ1n) is 10.9. The number of imide groups is 1. The summed E-state index contributed by atoms with van der Waals surface area (Å²) in [5, 5.41) is 10.2. The third kappa shape index (κ3) is 5.93. The molecule has 1 saturated heterocycles. The number of carbonyl (C=O) groups is 3. The maximum absolute atomic E-state index is 12.9. The molecule has 8 nitrogen and oxygen atoms in total. The van der Waals surface area contributed by atoms with Gasteiger partial charge < -0.3 is 0 Å². The van der Waals surface area contributed by atoms with Crippen LogP contribution in [0.3, 0.4) is 0 Å². The normalized spacial score (nSPS) is 16.8. The van der Waals surface area contributed by atoms with E-state index in [1.807, 2.05) is 0 Å². The number of sulfone groups is 1. The van der Waals surface area contributed by atoms with E-state index in [-0.39, 0.29) is 35.8 Å². The first kappa shape index (κ1) is 27.3. The molecule has 1 N–H and O–H groups in total. The summed E-state index contributed by atoms with van der Waals surface area (Å²) in [4.78, 5) is 36.7. The van der Waals surface area contributed by atoms with Gasteiger partial charge in [0.15, 0.2) is 9.84 Å². The standard InChI is InChI=1S/C24H25F3N2O6S/c1-23(2)13-21(31)28(22(23)32)14-19(29(33)15-30)11-12-36(34,35)20-9-5-17(6-10-20)16-3-7-18(8-4-16)24(25,26)27/h3-10,15,19,33H,11-14H2,1-2H3/t19-/m1/s1. The second kappa shape index (κ2) is 10.0. The highest BCUT2D eigenvalue weighted by Gasteiger charge is 2.45. The van der Waals surface area contributed by atoms with Crippen molar-refractivity contribution in [1.82, 2.24) is 9.96 Å². The van der Waals surface area contributed by atoms with E-state index in [9.17, 15) is 41.2 Å². The van der Waals surface area contributed by atoms with E-state index in [4.69, 9.17) is 0 Å². The van der Waals surface area contributed by atoms with E-state index in [0.717, 1.165) is 17.0 Å². The minimum absolute atomic E-state index is 0.0331. The fourth-order valence-corrected chi connectivity index (χ4v) is 5.30. The molecule has 0 saturated carbocycles. The molecule has 1 aliphatic rings. The van der Waals surface area contributed by atoms with Crippen LogP contribution in [0.15, 0.2) is 53.4 Å². The highest BCUT2D eigenvalue weighted by molar-refractivity contribution is 7.91. The van der Waals surface area contributed by atoms with Gasteiger partial charge in [-0.2, -0.15) is 13.2 Å². The molecule has 3 amide bonds. The summed E-state index contributed by atoms with van der Waals surface area (Å²) in [5.41, 5.74) is -0.744. The van der Waals surface area contributed by atoms with E-state index in [2.05, 4.69) is 0 Å². The summed E-state index contributed by atoms with van der Waals surface area (Å²) in [6.45, 7) is 2.84. The van der Waals surface area contributed by atoms with Gasteiger partial charge in [0.2, 0.25) is 18.2 Å². The Hall–Kier alpha value is -3.25. The van der Waals surface area contributed by atoms with Crippen molar-refractivity contribution in [1.29, 1.82) is 0 Å². The van der Waals surface area contributed by atoms with Crippen LogP contribution < -0.4 is 0 Å². The van der Waals surface area contributed by atoms with E-state index >= 15 is 0 Å². The number of benzene rings is 2. The second-order valence-electron chi connectivity index (χ2n) is 9.22. The fraction of sp³-hybridized carbons (Fsp3) is 0.375. The van der Waals surface area contributed by atoms with Crippen molar-refractivity contribution in [2.24, 2.45) is 5.41 Å². The highest BCUT2D eigenvalue weighted by Crippen LogP contribution is 2.33. The molecule has 1 heterocycles. The summed E-state index contributed by atoms with van der Waals surface area (Å²) in [7, 11) is -3.90. The van der Waals surface area contributed by atoms with Gasteiger partial charge in [0.25, 0.3) is 0 Å². The lowest BCUT2D eigenvalue weighted by Crippen LogP contribution is -2.45. The predicted molar refractivity (Wildman–Crippen MR) is 122 cm³/mol. The van der Waals surface area contributed by atoms with E-state index in [1.54, 1.807) is 13.8 Å². The smallest absolute Gasteiger partial charge is 0.286 e. The summed E-state index contributed by atoms with van der Waals surface area (Å²) < 4.78 is 64.0. The number of nitrogens with zero attached hydrogens (tertiary/aromatic N) is 2. The van der Waals surface area contributed by atoms with Crippen LogP contribution in [0.2, 0.25) is 0 Å². The fourth-order valence-electron chi connectivity index (χ4n) is 3.93. The van der Waals surface area contributed by atoms with Crippen molar-refractivity contribution in [2.45, 2.75) is 43.8 Å². The Morgan fingerprint density at radius 3 is 2.03 bits per heavy atom. The zero-order valence-electron chi connectivity index (χ0n) is 19.5. The molecule has 3 rings (SSSR count). The topological polar surface area (TPSA) is 112 Å². The van der Waals surface area contributed by atoms with Crippen molar-refractivity contribution in [2.75, 3.05) is 12.3 Å². The molecule has 0 aliphatic carbocycles. The van der Waals surface area contributed by atoms with Crippen LogP contribution in [-0.4, -0.2) is 60.2 Å². The molecular weight excluding hydrogens is 501 g/mol. The molecule has 36 heavy (non-hydrogen) atoms.